The molecule has 4 aromatic carbocycles. The second-order valence-electron chi connectivity index (χ2n) is 8.32. The molecule has 0 aliphatic rings. The average molecular weight is 477 g/mol. The summed E-state index contributed by atoms with van der Waals surface area (Å²) in [5, 5.41) is 1.27. The first-order valence-electron chi connectivity index (χ1n) is 10.8. The summed E-state index contributed by atoms with van der Waals surface area (Å²) in [7, 11) is -0.401. The maximum absolute atomic E-state index is 14.8. The molecule has 0 saturated heterocycles. The van der Waals surface area contributed by atoms with E-state index < -0.39 is 27.7 Å². The van der Waals surface area contributed by atoms with Gasteiger partial charge in [-0.25, -0.2) is 17.5 Å². The Hall–Kier alpha value is -3.71. The van der Waals surface area contributed by atoms with Gasteiger partial charge < -0.3 is 4.90 Å². The minimum Gasteiger partial charge on any atom is -0.377 e. The largest absolute Gasteiger partial charge is 0.377 e. The van der Waals surface area contributed by atoms with E-state index in [1.54, 1.807) is 49.4 Å². The minimum atomic E-state index is -4.15. The number of nitrogens with zero attached hydrogens (tertiary/aromatic N) is 1. The summed E-state index contributed by atoms with van der Waals surface area (Å²) in [6.07, 6.45) is 0. The molecule has 0 aliphatic carbocycles. The van der Waals surface area contributed by atoms with E-state index in [-0.39, 0.29) is 4.90 Å². The number of benzene rings is 4. The van der Waals surface area contributed by atoms with Gasteiger partial charge in [0.15, 0.2) is 0 Å². The summed E-state index contributed by atoms with van der Waals surface area (Å²) >= 11 is 0. The second-order valence-corrected chi connectivity index (χ2v) is 9.97. The Morgan fingerprint density at radius 1 is 0.882 bits per heavy atom. The fourth-order valence-electron chi connectivity index (χ4n) is 3.97. The summed E-state index contributed by atoms with van der Waals surface area (Å²) < 4.78 is 43.3. The number of anilines is 1. The average Bonchev–Trinajstić information content (AvgIpc) is 2.82. The van der Waals surface area contributed by atoms with Crippen molar-refractivity contribution in [1.29, 1.82) is 0 Å². The van der Waals surface area contributed by atoms with E-state index in [9.17, 15) is 17.6 Å². The number of carbonyl (C=O) groups is 1. The van der Waals surface area contributed by atoms with Crippen molar-refractivity contribution in [3.63, 3.8) is 0 Å². The fraction of sp³-hybridized carbons (Fsp3) is 0.148. The smallest absolute Gasteiger partial charge is 0.264 e. The lowest BCUT2D eigenvalue weighted by molar-refractivity contribution is -0.120. The lowest BCUT2D eigenvalue weighted by Crippen LogP contribution is -2.34. The van der Waals surface area contributed by atoms with E-state index in [0.717, 1.165) is 16.6 Å². The van der Waals surface area contributed by atoms with Gasteiger partial charge in [0, 0.05) is 36.1 Å². The molecule has 1 atom stereocenters. The first-order chi connectivity index (χ1) is 16.2. The van der Waals surface area contributed by atoms with Gasteiger partial charge in [0.2, 0.25) is 5.91 Å². The molecule has 1 N–H and O–H groups in total. The van der Waals surface area contributed by atoms with Crippen molar-refractivity contribution in [2.75, 3.05) is 19.0 Å². The molecular weight excluding hydrogens is 451 g/mol. The maximum Gasteiger partial charge on any atom is 0.264 e. The van der Waals surface area contributed by atoms with Crippen LogP contribution in [0.15, 0.2) is 89.8 Å². The van der Waals surface area contributed by atoms with Crippen molar-refractivity contribution in [2.45, 2.75) is 17.7 Å². The highest BCUT2D eigenvalue weighted by molar-refractivity contribution is 7.90. The Morgan fingerprint density at radius 2 is 1.56 bits per heavy atom. The van der Waals surface area contributed by atoms with Crippen molar-refractivity contribution >= 4 is 32.4 Å². The van der Waals surface area contributed by atoms with Crippen LogP contribution >= 0.6 is 0 Å². The van der Waals surface area contributed by atoms with Gasteiger partial charge in [0.1, 0.15) is 5.82 Å². The van der Waals surface area contributed by atoms with Gasteiger partial charge in [-0.15, -0.1) is 0 Å². The van der Waals surface area contributed by atoms with E-state index in [4.69, 9.17) is 0 Å². The van der Waals surface area contributed by atoms with Crippen molar-refractivity contribution in [1.82, 2.24) is 4.72 Å². The number of hydrogen-bond donors (Lipinski definition) is 1. The molecule has 0 fully saturated rings. The van der Waals surface area contributed by atoms with Crippen LogP contribution in [0.25, 0.3) is 21.9 Å². The van der Waals surface area contributed by atoms with Crippen molar-refractivity contribution in [3.8, 4) is 11.1 Å². The summed E-state index contributed by atoms with van der Waals surface area (Å²) in [5.41, 5.74) is 2.39. The second kappa shape index (κ2) is 9.27. The van der Waals surface area contributed by atoms with Crippen LogP contribution in [0.3, 0.4) is 0 Å². The highest BCUT2D eigenvalue weighted by atomic mass is 32.2. The molecule has 4 aromatic rings. The normalized spacial score (nSPS) is 12.4. The molecule has 0 heterocycles. The standard InChI is InChI=1S/C27H25FN2O3S/c1-18(20-15-16-21(24(28)17-20)19-9-5-4-6-10-19)27(31)29-34(32,33)26-14-8-11-22-23(26)12-7-13-25(22)30(2)3/h4-18H,1-3H3,(H,29,31)/t18-/m1/s1. The van der Waals surface area contributed by atoms with Gasteiger partial charge in [-0.3, -0.25) is 4.79 Å². The van der Waals surface area contributed by atoms with E-state index in [1.807, 2.05) is 49.3 Å². The Balaban J connectivity index is 1.61. The fourth-order valence-corrected chi connectivity index (χ4v) is 5.25. The third-order valence-electron chi connectivity index (χ3n) is 5.84. The quantitative estimate of drug-likeness (QED) is 0.409. The van der Waals surface area contributed by atoms with Crippen LogP contribution in [0.1, 0.15) is 18.4 Å². The molecule has 7 heteroatoms. The molecule has 0 aromatic heterocycles. The van der Waals surface area contributed by atoms with Crippen LogP contribution in [0.2, 0.25) is 0 Å². The maximum atomic E-state index is 14.8. The third-order valence-corrected chi connectivity index (χ3v) is 7.24. The van der Waals surface area contributed by atoms with E-state index >= 15 is 0 Å². The molecule has 34 heavy (non-hydrogen) atoms. The summed E-state index contributed by atoms with van der Waals surface area (Å²) in [6.45, 7) is 1.55. The zero-order chi connectivity index (χ0) is 24.5. The van der Waals surface area contributed by atoms with Gasteiger partial charge in [0.25, 0.3) is 10.0 Å². The van der Waals surface area contributed by atoms with Gasteiger partial charge in [0.05, 0.1) is 10.8 Å². The predicted molar refractivity (Wildman–Crippen MR) is 134 cm³/mol. The number of sulfonamides is 1. The molecule has 0 saturated carbocycles. The van der Waals surface area contributed by atoms with Crippen LogP contribution in [0.4, 0.5) is 10.1 Å². The highest BCUT2D eigenvalue weighted by Crippen LogP contribution is 2.31. The first kappa shape index (κ1) is 23.4. The molecular formula is C27H25FN2O3S. The van der Waals surface area contributed by atoms with Gasteiger partial charge in [-0.2, -0.15) is 0 Å². The number of hydrogen-bond acceptors (Lipinski definition) is 4. The zero-order valence-corrected chi connectivity index (χ0v) is 19.9. The number of amides is 1. The summed E-state index contributed by atoms with van der Waals surface area (Å²) in [5.74, 6) is -2.08. The minimum absolute atomic E-state index is 0.0138. The SMILES string of the molecule is C[C@@H](C(=O)NS(=O)(=O)c1cccc2c(N(C)C)cccc12)c1ccc(-c2ccccc2)c(F)c1. The number of halogens is 1. The lowest BCUT2D eigenvalue weighted by Gasteiger charge is -2.18. The molecule has 0 spiro atoms. The number of fused-ring (bicyclic) bond motifs is 1. The van der Waals surface area contributed by atoms with Crippen molar-refractivity contribution < 1.29 is 17.6 Å². The van der Waals surface area contributed by atoms with Crippen LogP contribution in [0.5, 0.6) is 0 Å². The summed E-state index contributed by atoms with van der Waals surface area (Å²) in [6, 6.07) is 23.9. The van der Waals surface area contributed by atoms with Crippen LogP contribution < -0.4 is 9.62 Å². The van der Waals surface area contributed by atoms with E-state index in [0.29, 0.717) is 16.5 Å². The Labute approximate surface area is 198 Å². The highest BCUT2D eigenvalue weighted by Gasteiger charge is 2.25. The Morgan fingerprint density at radius 3 is 2.24 bits per heavy atom. The zero-order valence-electron chi connectivity index (χ0n) is 19.1. The van der Waals surface area contributed by atoms with E-state index in [1.165, 1.54) is 12.1 Å². The third kappa shape index (κ3) is 4.52. The summed E-state index contributed by atoms with van der Waals surface area (Å²) in [4.78, 5) is 14.8. The van der Waals surface area contributed by atoms with Gasteiger partial charge in [-0.05, 0) is 36.2 Å². The molecule has 4 rings (SSSR count). The molecule has 0 unspecified atom stereocenters. The van der Waals surface area contributed by atoms with E-state index in [2.05, 4.69) is 4.72 Å². The molecule has 1 amide bonds. The van der Waals surface area contributed by atoms with Crippen LogP contribution in [0, 0.1) is 5.82 Å². The van der Waals surface area contributed by atoms with Gasteiger partial charge >= 0.3 is 0 Å². The molecule has 0 aliphatic heterocycles. The predicted octanol–water partition coefficient (Wildman–Crippen LogP) is 5.32. The van der Waals surface area contributed by atoms with Crippen molar-refractivity contribution in [3.05, 3.63) is 96.3 Å². The Kier molecular flexibility index (Phi) is 6.39. The lowest BCUT2D eigenvalue weighted by atomic mass is 9.96. The number of nitrogens with one attached hydrogen (secondary N) is 1. The number of rotatable bonds is 6. The monoisotopic (exact) mass is 476 g/mol. The van der Waals surface area contributed by atoms with Crippen LogP contribution in [-0.4, -0.2) is 28.4 Å². The molecule has 0 bridgehead atoms. The van der Waals surface area contributed by atoms with Gasteiger partial charge in [-0.1, -0.05) is 66.7 Å². The molecule has 0 radical (unpaired) electrons. The molecule has 174 valence electrons. The first-order valence-corrected chi connectivity index (χ1v) is 12.3. The topological polar surface area (TPSA) is 66.5 Å². The number of carbonyl (C=O) groups excluding carboxylic acids is 1. The van der Waals surface area contributed by atoms with Crippen LogP contribution in [-0.2, 0) is 14.8 Å². The Bertz CT molecular complexity index is 1470. The molecule has 5 nitrogen and oxygen atoms in total. The van der Waals surface area contributed by atoms with Crippen molar-refractivity contribution in [2.24, 2.45) is 0 Å².